The lowest BCUT2D eigenvalue weighted by Crippen LogP contribution is -2.33. The van der Waals surface area contributed by atoms with Crippen molar-refractivity contribution in [2.75, 3.05) is 5.32 Å². The van der Waals surface area contributed by atoms with E-state index in [1.165, 1.54) is 0 Å². The van der Waals surface area contributed by atoms with Gasteiger partial charge in [0, 0.05) is 11.3 Å². The van der Waals surface area contributed by atoms with Crippen LogP contribution in [0.1, 0.15) is 50.1 Å². The molecule has 2 N–H and O–H groups in total. The molecule has 126 valence electrons. The van der Waals surface area contributed by atoms with E-state index in [2.05, 4.69) is 15.5 Å². The topological polar surface area (TPSA) is 87.1 Å². The first-order valence-corrected chi connectivity index (χ1v) is 7.55. The Morgan fingerprint density at radius 2 is 1.91 bits per heavy atom. The number of ether oxygens (including phenoxy) is 1. The van der Waals surface area contributed by atoms with Crippen LogP contribution in [0.3, 0.4) is 0 Å². The first-order valence-electron chi connectivity index (χ1n) is 7.55. The van der Waals surface area contributed by atoms with Gasteiger partial charge < -0.3 is 15.3 Å². The number of hydrogen-bond acceptors (Lipinski definition) is 5. The van der Waals surface area contributed by atoms with Crippen LogP contribution in [0.4, 0.5) is 10.6 Å². The molecular formula is C16H24N4O3. The van der Waals surface area contributed by atoms with Gasteiger partial charge in [-0.05, 0) is 52.7 Å². The zero-order valence-electron chi connectivity index (χ0n) is 14.5. The molecule has 7 nitrogen and oxygen atoms in total. The Hall–Kier alpha value is -2.31. The maximum absolute atomic E-state index is 12.3. The summed E-state index contributed by atoms with van der Waals surface area (Å²) in [5.41, 5.74) is 3.41. The number of nitrogens with zero attached hydrogens (tertiary/aromatic N) is 3. The minimum Gasteiger partial charge on any atom is -0.444 e. The lowest BCUT2D eigenvalue weighted by atomic mass is 10.0. The predicted octanol–water partition coefficient (Wildman–Crippen LogP) is 3.17. The largest absolute Gasteiger partial charge is 0.444 e. The molecule has 0 spiro atoms. The third kappa shape index (κ3) is 3.72. The number of hydrogen-bond donors (Lipinski definition) is 2. The van der Waals surface area contributed by atoms with E-state index in [1.807, 2.05) is 34.6 Å². The van der Waals surface area contributed by atoms with Gasteiger partial charge in [-0.2, -0.15) is 0 Å². The number of aryl methyl sites for hydroxylation is 1. The maximum Gasteiger partial charge on any atom is 0.410 e. The third-order valence-corrected chi connectivity index (χ3v) is 3.72. The molecule has 2 rings (SSSR count). The minimum absolute atomic E-state index is 0.343. The van der Waals surface area contributed by atoms with Crippen molar-refractivity contribution in [2.24, 2.45) is 5.16 Å². The molecule has 1 aliphatic rings. The van der Waals surface area contributed by atoms with E-state index in [-0.39, 0.29) is 6.09 Å². The van der Waals surface area contributed by atoms with Crippen LogP contribution in [0.15, 0.2) is 5.16 Å². The highest BCUT2D eigenvalue weighted by molar-refractivity contribution is 5.93. The molecule has 2 heterocycles. The van der Waals surface area contributed by atoms with Gasteiger partial charge in [-0.3, -0.25) is 4.90 Å². The van der Waals surface area contributed by atoms with Crippen molar-refractivity contribution in [1.29, 1.82) is 0 Å². The number of amides is 1. The number of fused-ring (bicyclic) bond motifs is 1. The van der Waals surface area contributed by atoms with Gasteiger partial charge in [-0.1, -0.05) is 5.16 Å². The summed E-state index contributed by atoms with van der Waals surface area (Å²) in [5, 5.41) is 15.0. The normalized spacial score (nSPS) is 14.7. The first-order chi connectivity index (χ1) is 10.6. The molecular weight excluding hydrogens is 296 g/mol. The number of carbonyl (C=O) groups excluding carboxylic acids is 1. The molecule has 1 aromatic rings. The van der Waals surface area contributed by atoms with Gasteiger partial charge in [0.05, 0.1) is 13.1 Å². The van der Waals surface area contributed by atoms with Crippen molar-refractivity contribution < 1.29 is 14.7 Å². The van der Waals surface area contributed by atoms with Gasteiger partial charge in [-0.25, -0.2) is 9.78 Å². The summed E-state index contributed by atoms with van der Waals surface area (Å²) in [6.07, 6.45) is -0.343. The summed E-state index contributed by atoms with van der Waals surface area (Å²) in [7, 11) is 0. The number of oxime groups is 1. The Morgan fingerprint density at radius 3 is 2.48 bits per heavy atom. The van der Waals surface area contributed by atoms with Crippen LogP contribution in [-0.4, -0.2) is 32.6 Å². The number of carbonyl (C=O) groups is 1. The molecule has 7 heteroatoms. The molecule has 0 aromatic carbocycles. The molecule has 1 aromatic heterocycles. The maximum atomic E-state index is 12.3. The van der Waals surface area contributed by atoms with Gasteiger partial charge in [0.15, 0.2) is 0 Å². The summed E-state index contributed by atoms with van der Waals surface area (Å²) in [6, 6.07) is 0. The van der Waals surface area contributed by atoms with Crippen LogP contribution in [0.25, 0.3) is 0 Å². The standard InChI is InChI=1S/C16H24N4O3/c1-9-10(2)17-14(18-11(3)19-22)13-8-20(7-12(9)13)15(21)23-16(4,5)6/h22H,7-8H2,1-6H3,(H,17,18,19). The van der Waals surface area contributed by atoms with E-state index >= 15 is 0 Å². The van der Waals surface area contributed by atoms with Crippen molar-refractivity contribution in [2.45, 2.75) is 60.2 Å². The van der Waals surface area contributed by atoms with Crippen LogP contribution < -0.4 is 5.32 Å². The highest BCUT2D eigenvalue weighted by Gasteiger charge is 2.31. The Labute approximate surface area is 136 Å². The fourth-order valence-corrected chi connectivity index (χ4v) is 2.48. The fourth-order valence-electron chi connectivity index (χ4n) is 2.48. The molecule has 0 bridgehead atoms. The molecule has 0 fully saturated rings. The molecule has 23 heavy (non-hydrogen) atoms. The minimum atomic E-state index is -0.531. The second kappa shape index (κ2) is 6.06. The van der Waals surface area contributed by atoms with Crippen molar-refractivity contribution in [3.8, 4) is 0 Å². The van der Waals surface area contributed by atoms with Crippen molar-refractivity contribution >= 4 is 17.7 Å². The molecule has 0 saturated carbocycles. The molecule has 0 saturated heterocycles. The molecule has 0 unspecified atom stereocenters. The Kier molecular flexibility index (Phi) is 4.49. The monoisotopic (exact) mass is 320 g/mol. The van der Waals surface area contributed by atoms with E-state index in [1.54, 1.807) is 11.8 Å². The molecule has 0 atom stereocenters. The fraction of sp³-hybridized carbons (Fsp3) is 0.562. The van der Waals surface area contributed by atoms with Crippen LogP contribution in [0.2, 0.25) is 0 Å². The molecule has 0 aliphatic carbocycles. The lowest BCUT2D eigenvalue weighted by molar-refractivity contribution is 0.0242. The van der Waals surface area contributed by atoms with Crippen molar-refractivity contribution in [1.82, 2.24) is 9.88 Å². The zero-order valence-corrected chi connectivity index (χ0v) is 14.5. The summed E-state index contributed by atoms with van der Waals surface area (Å²) < 4.78 is 5.45. The van der Waals surface area contributed by atoms with E-state index in [4.69, 9.17) is 9.94 Å². The van der Waals surface area contributed by atoms with Crippen LogP contribution in [0, 0.1) is 13.8 Å². The second-order valence-corrected chi connectivity index (χ2v) is 6.77. The van der Waals surface area contributed by atoms with Crippen LogP contribution in [0.5, 0.6) is 0 Å². The van der Waals surface area contributed by atoms with Crippen molar-refractivity contribution in [3.63, 3.8) is 0 Å². The number of amidine groups is 1. The smallest absolute Gasteiger partial charge is 0.410 e. The van der Waals surface area contributed by atoms with Gasteiger partial charge in [0.2, 0.25) is 0 Å². The highest BCUT2D eigenvalue weighted by Crippen LogP contribution is 2.32. The Morgan fingerprint density at radius 1 is 1.30 bits per heavy atom. The zero-order chi connectivity index (χ0) is 17.4. The molecule has 0 radical (unpaired) electrons. The van der Waals surface area contributed by atoms with E-state index in [0.29, 0.717) is 24.7 Å². The number of rotatable bonds is 1. The molecule has 1 aliphatic heterocycles. The number of aromatic nitrogens is 1. The van der Waals surface area contributed by atoms with Crippen LogP contribution >= 0.6 is 0 Å². The lowest BCUT2D eigenvalue weighted by Gasteiger charge is -2.24. The Bertz CT molecular complexity index is 662. The highest BCUT2D eigenvalue weighted by atomic mass is 16.6. The Balaban J connectivity index is 2.32. The van der Waals surface area contributed by atoms with Gasteiger partial charge >= 0.3 is 6.09 Å². The summed E-state index contributed by atoms with van der Waals surface area (Å²) in [5.74, 6) is 0.961. The second-order valence-electron chi connectivity index (χ2n) is 6.77. The number of pyridine rings is 1. The quantitative estimate of drug-likeness (QED) is 0.359. The van der Waals surface area contributed by atoms with Gasteiger partial charge in [0.1, 0.15) is 17.3 Å². The number of nitrogens with one attached hydrogen (secondary N) is 1. The first kappa shape index (κ1) is 17.1. The average molecular weight is 320 g/mol. The third-order valence-electron chi connectivity index (χ3n) is 3.72. The van der Waals surface area contributed by atoms with Crippen LogP contribution in [-0.2, 0) is 17.8 Å². The summed E-state index contributed by atoms with van der Waals surface area (Å²) >= 11 is 0. The van der Waals surface area contributed by atoms with E-state index in [9.17, 15) is 4.79 Å². The summed E-state index contributed by atoms with van der Waals surface area (Å²) in [4.78, 5) is 18.5. The predicted molar refractivity (Wildman–Crippen MR) is 87.7 cm³/mol. The van der Waals surface area contributed by atoms with E-state index in [0.717, 1.165) is 22.4 Å². The SMILES string of the molecule is CC(=NO)Nc1nc(C)c(C)c2c1CN(C(=O)OC(C)(C)C)C2. The van der Waals surface area contributed by atoms with Crippen molar-refractivity contribution in [3.05, 3.63) is 22.4 Å². The van der Waals surface area contributed by atoms with Gasteiger partial charge in [-0.15, -0.1) is 0 Å². The average Bonchev–Trinajstić information content (AvgIpc) is 2.88. The summed E-state index contributed by atoms with van der Waals surface area (Å²) in [6.45, 7) is 12.0. The number of anilines is 1. The molecule has 1 amide bonds. The van der Waals surface area contributed by atoms with E-state index < -0.39 is 5.60 Å². The van der Waals surface area contributed by atoms with Gasteiger partial charge in [0.25, 0.3) is 0 Å².